The van der Waals surface area contributed by atoms with Crippen LogP contribution < -0.4 is 5.32 Å². The van der Waals surface area contributed by atoms with E-state index in [0.717, 1.165) is 28.6 Å². The van der Waals surface area contributed by atoms with Gasteiger partial charge in [-0.05, 0) is 35.7 Å². The predicted molar refractivity (Wildman–Crippen MR) is 100 cm³/mol. The van der Waals surface area contributed by atoms with Gasteiger partial charge in [0, 0.05) is 11.9 Å². The monoisotopic (exact) mass is 385 g/mol. The average Bonchev–Trinajstić information content (AvgIpc) is 3.02. The molecule has 1 unspecified atom stereocenters. The summed E-state index contributed by atoms with van der Waals surface area (Å²) in [5, 5.41) is 6.00. The summed E-state index contributed by atoms with van der Waals surface area (Å²) in [6, 6.07) is 9.44. The van der Waals surface area contributed by atoms with Gasteiger partial charge in [-0.1, -0.05) is 58.7 Å². The largest absolute Gasteiger partial charge is 0.358 e. The number of amidine groups is 1. The Morgan fingerprint density at radius 3 is 2.83 bits per heavy atom. The van der Waals surface area contributed by atoms with Crippen molar-refractivity contribution in [2.75, 3.05) is 12.3 Å². The number of aliphatic imine (C=N–C) groups is 1. The minimum absolute atomic E-state index is 0.0379. The molecule has 1 N–H and O–H groups in total. The molecule has 1 aliphatic heterocycles. The number of nitrogens with one attached hydrogen (secondary N) is 1. The van der Waals surface area contributed by atoms with Crippen LogP contribution in [0.4, 0.5) is 0 Å². The van der Waals surface area contributed by atoms with E-state index in [1.54, 1.807) is 24.0 Å². The third-order valence-corrected chi connectivity index (χ3v) is 5.42. The zero-order valence-electron chi connectivity index (χ0n) is 12.1. The minimum Gasteiger partial charge on any atom is -0.358 e. The van der Waals surface area contributed by atoms with Crippen LogP contribution in [-0.2, 0) is 6.42 Å². The highest BCUT2D eigenvalue weighted by Gasteiger charge is 2.20. The van der Waals surface area contributed by atoms with E-state index in [-0.39, 0.29) is 6.04 Å². The molecule has 3 nitrogen and oxygen atoms in total. The summed E-state index contributed by atoms with van der Waals surface area (Å²) in [7, 11) is 0. The Balaban J connectivity index is 1.91. The molecule has 0 aliphatic carbocycles. The third kappa shape index (κ3) is 4.32. The number of benzene rings is 1. The number of hydrogen-bond acceptors (Lipinski definition) is 4. The molecule has 2 aromatic rings. The number of aromatic nitrogens is 1. The van der Waals surface area contributed by atoms with E-state index in [4.69, 9.17) is 34.8 Å². The topological polar surface area (TPSA) is 37.3 Å². The summed E-state index contributed by atoms with van der Waals surface area (Å²) in [5.41, 5.74) is 2.02. The zero-order chi connectivity index (χ0) is 16.2. The molecule has 0 radical (unpaired) electrons. The Hall–Kier alpha value is -0.940. The molecule has 7 heteroatoms. The van der Waals surface area contributed by atoms with Gasteiger partial charge in [0.05, 0.1) is 22.6 Å². The quantitative estimate of drug-likeness (QED) is 0.750. The summed E-state index contributed by atoms with van der Waals surface area (Å²) in [6.45, 7) is 0.837. The number of nitrogens with zero attached hydrogens (tertiary/aromatic N) is 2. The minimum atomic E-state index is -0.0379. The van der Waals surface area contributed by atoms with Gasteiger partial charge in [-0.25, -0.2) is 4.98 Å². The van der Waals surface area contributed by atoms with Gasteiger partial charge in [-0.2, -0.15) is 0 Å². The van der Waals surface area contributed by atoms with Crippen molar-refractivity contribution in [1.29, 1.82) is 0 Å². The Labute approximate surface area is 154 Å². The van der Waals surface area contributed by atoms with Crippen molar-refractivity contribution in [3.05, 3.63) is 62.9 Å². The first kappa shape index (κ1) is 16.9. The molecular weight excluding hydrogens is 373 g/mol. The molecule has 0 spiro atoms. The van der Waals surface area contributed by atoms with Gasteiger partial charge in [0.15, 0.2) is 5.17 Å². The van der Waals surface area contributed by atoms with Crippen molar-refractivity contribution >= 4 is 51.7 Å². The van der Waals surface area contributed by atoms with Gasteiger partial charge in [0.2, 0.25) is 0 Å². The number of halogens is 3. The maximum atomic E-state index is 6.41. The molecule has 1 aliphatic rings. The first-order valence-electron chi connectivity index (χ1n) is 7.11. The number of thioether (sulfide) groups is 1. The van der Waals surface area contributed by atoms with Crippen molar-refractivity contribution in [1.82, 2.24) is 10.3 Å². The Kier molecular flexibility index (Phi) is 5.70. The van der Waals surface area contributed by atoms with Gasteiger partial charge < -0.3 is 5.32 Å². The van der Waals surface area contributed by atoms with Gasteiger partial charge >= 0.3 is 0 Å². The smallest absolute Gasteiger partial charge is 0.157 e. The van der Waals surface area contributed by atoms with Crippen molar-refractivity contribution in [3.8, 4) is 0 Å². The number of rotatable bonds is 4. The van der Waals surface area contributed by atoms with Crippen LogP contribution in [-0.4, -0.2) is 22.4 Å². The maximum absolute atomic E-state index is 6.41. The lowest BCUT2D eigenvalue weighted by molar-refractivity contribution is 0.648. The predicted octanol–water partition coefficient (Wildman–Crippen LogP) is 5.02. The van der Waals surface area contributed by atoms with Crippen LogP contribution in [0.5, 0.6) is 0 Å². The summed E-state index contributed by atoms with van der Waals surface area (Å²) >= 11 is 20.3. The van der Waals surface area contributed by atoms with Crippen LogP contribution in [0.3, 0.4) is 0 Å². The highest BCUT2D eigenvalue weighted by atomic mass is 35.5. The number of pyridine rings is 1. The molecule has 23 heavy (non-hydrogen) atoms. The molecule has 0 fully saturated rings. The molecule has 3 rings (SSSR count). The van der Waals surface area contributed by atoms with E-state index in [0.29, 0.717) is 21.6 Å². The standard InChI is InChI=1S/C16H14Cl3N3S/c17-12-3-1-2-11(15(12)19)13(22-16-21-6-7-23-16)8-10-4-5-20-14(18)9-10/h1-5,9,13H,6-8H2,(H,21,22). The lowest BCUT2D eigenvalue weighted by Crippen LogP contribution is -2.27. The Bertz CT molecular complexity index is 736. The molecule has 120 valence electrons. The van der Waals surface area contributed by atoms with Crippen LogP contribution in [0.2, 0.25) is 15.2 Å². The summed E-state index contributed by atoms with van der Waals surface area (Å²) < 4.78 is 0. The molecule has 0 saturated carbocycles. The van der Waals surface area contributed by atoms with Crippen molar-refractivity contribution < 1.29 is 0 Å². The van der Waals surface area contributed by atoms with Crippen LogP contribution in [0.15, 0.2) is 41.5 Å². The Morgan fingerprint density at radius 1 is 1.22 bits per heavy atom. The fraction of sp³-hybridized carbons (Fsp3) is 0.250. The molecule has 0 bridgehead atoms. The zero-order valence-corrected chi connectivity index (χ0v) is 15.2. The van der Waals surface area contributed by atoms with E-state index in [2.05, 4.69) is 15.3 Å². The highest BCUT2D eigenvalue weighted by molar-refractivity contribution is 8.14. The fourth-order valence-electron chi connectivity index (χ4n) is 2.41. The highest BCUT2D eigenvalue weighted by Crippen LogP contribution is 2.32. The summed E-state index contributed by atoms with van der Waals surface area (Å²) in [6.07, 6.45) is 2.41. The van der Waals surface area contributed by atoms with Crippen LogP contribution in [0.25, 0.3) is 0 Å². The van der Waals surface area contributed by atoms with Crippen molar-refractivity contribution in [3.63, 3.8) is 0 Å². The normalized spacial score (nSPS) is 15.3. The maximum Gasteiger partial charge on any atom is 0.157 e. The molecule has 1 aromatic carbocycles. The van der Waals surface area contributed by atoms with Gasteiger partial charge in [0.25, 0.3) is 0 Å². The third-order valence-electron chi connectivity index (χ3n) is 3.47. The lowest BCUT2D eigenvalue weighted by Gasteiger charge is -2.21. The fourth-order valence-corrected chi connectivity index (χ4v) is 3.83. The number of hydrogen-bond donors (Lipinski definition) is 1. The second kappa shape index (κ2) is 7.75. The SMILES string of the molecule is Clc1cc(CC(NC2=NCCS2)c2cccc(Cl)c2Cl)ccn1. The van der Waals surface area contributed by atoms with Crippen molar-refractivity contribution in [2.45, 2.75) is 12.5 Å². The van der Waals surface area contributed by atoms with E-state index >= 15 is 0 Å². The van der Waals surface area contributed by atoms with Crippen LogP contribution >= 0.6 is 46.6 Å². The second-order valence-electron chi connectivity index (χ2n) is 5.07. The average molecular weight is 387 g/mol. The summed E-state index contributed by atoms with van der Waals surface area (Å²) in [5.74, 6) is 0.999. The molecular formula is C16H14Cl3N3S. The first-order valence-corrected chi connectivity index (χ1v) is 9.23. The van der Waals surface area contributed by atoms with E-state index in [1.165, 1.54) is 0 Å². The molecule has 2 heterocycles. The molecule has 0 amide bonds. The van der Waals surface area contributed by atoms with Gasteiger partial charge in [-0.3, -0.25) is 4.99 Å². The van der Waals surface area contributed by atoms with Gasteiger partial charge in [0.1, 0.15) is 5.15 Å². The molecule has 0 saturated heterocycles. The van der Waals surface area contributed by atoms with E-state index in [9.17, 15) is 0 Å². The van der Waals surface area contributed by atoms with Crippen molar-refractivity contribution in [2.24, 2.45) is 4.99 Å². The lowest BCUT2D eigenvalue weighted by atomic mass is 9.99. The van der Waals surface area contributed by atoms with E-state index in [1.807, 2.05) is 24.3 Å². The first-order chi connectivity index (χ1) is 11.1. The van der Waals surface area contributed by atoms with Gasteiger partial charge in [-0.15, -0.1) is 0 Å². The van der Waals surface area contributed by atoms with Crippen LogP contribution in [0, 0.1) is 0 Å². The Morgan fingerprint density at radius 2 is 2.09 bits per heavy atom. The molecule has 1 aromatic heterocycles. The second-order valence-corrected chi connectivity index (χ2v) is 7.32. The molecule has 1 atom stereocenters. The van der Waals surface area contributed by atoms with E-state index < -0.39 is 0 Å². The summed E-state index contributed by atoms with van der Waals surface area (Å²) in [4.78, 5) is 8.49. The van der Waals surface area contributed by atoms with Crippen LogP contribution in [0.1, 0.15) is 17.2 Å².